The predicted octanol–water partition coefficient (Wildman–Crippen LogP) is 10.1. The highest BCUT2D eigenvalue weighted by atomic mass is 16.5. The first-order valence-corrected chi connectivity index (χ1v) is 14.7. The fraction of sp³-hybridized carbons (Fsp3) is 0.205. The number of fused-ring (bicyclic) bond motifs is 2. The zero-order valence-corrected chi connectivity index (χ0v) is 25.3. The van der Waals surface area contributed by atoms with Crippen LogP contribution in [0.2, 0.25) is 0 Å². The zero-order valence-electron chi connectivity index (χ0n) is 25.3. The highest BCUT2D eigenvalue weighted by molar-refractivity contribution is 6.10. The van der Waals surface area contributed by atoms with Gasteiger partial charge in [0, 0.05) is 10.9 Å². The van der Waals surface area contributed by atoms with Crippen LogP contribution in [0.1, 0.15) is 51.5 Å². The molecule has 0 fully saturated rings. The number of rotatable bonds is 10. The second-order valence-electron chi connectivity index (χ2n) is 11.2. The van der Waals surface area contributed by atoms with Gasteiger partial charge in [0.15, 0.2) is 0 Å². The van der Waals surface area contributed by atoms with Crippen LogP contribution in [-0.4, -0.2) is 18.2 Å². The van der Waals surface area contributed by atoms with E-state index >= 15 is 0 Å². The molecular weight excluding hydrogens is 532 g/mol. The van der Waals surface area contributed by atoms with E-state index in [0.29, 0.717) is 12.2 Å². The first kappa shape index (κ1) is 29.7. The third-order valence-corrected chi connectivity index (χ3v) is 7.85. The summed E-state index contributed by atoms with van der Waals surface area (Å²) in [7, 11) is 1.63. The summed E-state index contributed by atoms with van der Waals surface area (Å²) >= 11 is 0. The number of hydrogen-bond donors (Lipinski definition) is 1. The summed E-state index contributed by atoms with van der Waals surface area (Å²) in [5.74, 6) is 0.534. The van der Waals surface area contributed by atoms with Crippen LogP contribution in [0.15, 0.2) is 120 Å². The summed E-state index contributed by atoms with van der Waals surface area (Å²) in [6.45, 7) is 6.33. The van der Waals surface area contributed by atoms with E-state index in [-0.39, 0.29) is 11.7 Å². The molecule has 0 bridgehead atoms. The lowest BCUT2D eigenvalue weighted by Gasteiger charge is -2.19. The molecule has 0 radical (unpaired) electrons. The molecule has 5 aromatic carbocycles. The maximum absolute atomic E-state index is 14.1. The Kier molecular flexibility index (Phi) is 9.26. The number of allylic oxidation sites excluding steroid dienone is 4. The molecule has 0 aliphatic rings. The molecule has 43 heavy (non-hydrogen) atoms. The van der Waals surface area contributed by atoms with Crippen molar-refractivity contribution in [3.63, 3.8) is 0 Å². The number of esters is 1. The second kappa shape index (κ2) is 13.4. The van der Waals surface area contributed by atoms with Gasteiger partial charge in [0.25, 0.3) is 0 Å². The lowest BCUT2D eigenvalue weighted by atomic mass is 9.92. The Morgan fingerprint density at radius 1 is 0.814 bits per heavy atom. The Labute approximate surface area is 253 Å². The predicted molar refractivity (Wildman–Crippen MR) is 177 cm³/mol. The third kappa shape index (κ3) is 6.81. The van der Waals surface area contributed by atoms with E-state index in [1.807, 2.05) is 91.0 Å². The van der Waals surface area contributed by atoms with E-state index in [1.165, 1.54) is 11.1 Å². The lowest BCUT2D eigenvalue weighted by molar-refractivity contribution is -0.136. The summed E-state index contributed by atoms with van der Waals surface area (Å²) in [5, 5.41) is 14.5. The number of benzene rings is 5. The monoisotopic (exact) mass is 570 g/mol. The first-order valence-electron chi connectivity index (χ1n) is 14.7. The van der Waals surface area contributed by atoms with Crippen LogP contribution >= 0.6 is 0 Å². The Morgan fingerprint density at radius 3 is 2.28 bits per heavy atom. The van der Waals surface area contributed by atoms with E-state index in [1.54, 1.807) is 13.2 Å². The standard InChI is InChI=1S/C39H38O4/c1-26(2)10-7-11-27(3)18-24-33(29-19-22-31(42-4)23-20-29)39(41)43-36-25-21-28-12-5-6-15-32(28)38(36)34-16-8-13-30-14-9-17-35(40)37(30)34/h5-6,8-10,12-23,25,33,40H,7,11,24H2,1-4H3/b27-18+/t33-/m1/s1. The van der Waals surface area contributed by atoms with Crippen LogP contribution in [-0.2, 0) is 4.79 Å². The third-order valence-electron chi connectivity index (χ3n) is 7.85. The summed E-state index contributed by atoms with van der Waals surface area (Å²) in [6, 6.07) is 30.9. The van der Waals surface area contributed by atoms with Crippen LogP contribution < -0.4 is 9.47 Å². The van der Waals surface area contributed by atoms with Crippen LogP contribution in [0.5, 0.6) is 17.2 Å². The van der Waals surface area contributed by atoms with Crippen molar-refractivity contribution < 1.29 is 19.4 Å². The molecule has 0 aromatic heterocycles. The van der Waals surface area contributed by atoms with Gasteiger partial charge in [0.1, 0.15) is 17.2 Å². The van der Waals surface area contributed by atoms with Gasteiger partial charge in [0.2, 0.25) is 0 Å². The molecule has 0 aliphatic carbocycles. The van der Waals surface area contributed by atoms with Crippen LogP contribution in [0, 0.1) is 0 Å². The van der Waals surface area contributed by atoms with E-state index < -0.39 is 5.92 Å². The largest absolute Gasteiger partial charge is 0.507 e. The van der Waals surface area contributed by atoms with Crippen LogP contribution in [0.3, 0.4) is 0 Å². The van der Waals surface area contributed by atoms with Gasteiger partial charge in [-0.2, -0.15) is 0 Å². The Bertz CT molecular complexity index is 1800. The molecule has 0 heterocycles. The fourth-order valence-electron chi connectivity index (χ4n) is 5.54. The molecule has 1 atom stereocenters. The van der Waals surface area contributed by atoms with Crippen LogP contribution in [0.4, 0.5) is 0 Å². The molecule has 4 nitrogen and oxygen atoms in total. The minimum atomic E-state index is -0.510. The number of hydrogen-bond acceptors (Lipinski definition) is 4. The van der Waals surface area contributed by atoms with E-state index in [0.717, 1.165) is 56.8 Å². The van der Waals surface area contributed by atoms with Crippen molar-refractivity contribution in [1.29, 1.82) is 0 Å². The summed E-state index contributed by atoms with van der Waals surface area (Å²) < 4.78 is 11.7. The summed E-state index contributed by atoms with van der Waals surface area (Å²) in [5.41, 5.74) is 5.00. The number of carbonyl (C=O) groups excluding carboxylic acids is 1. The van der Waals surface area contributed by atoms with Gasteiger partial charge < -0.3 is 14.6 Å². The SMILES string of the molecule is COc1ccc([C@@H](C/C=C(\C)CCC=C(C)C)C(=O)Oc2ccc3ccccc3c2-c2cccc3cccc(O)c23)cc1. The quantitative estimate of drug-likeness (QED) is 0.103. The minimum absolute atomic E-state index is 0.183. The van der Waals surface area contributed by atoms with E-state index in [2.05, 4.69) is 32.9 Å². The number of methoxy groups -OCH3 is 1. The maximum Gasteiger partial charge on any atom is 0.319 e. The van der Waals surface area contributed by atoms with Crippen molar-refractivity contribution in [2.45, 2.75) is 46.0 Å². The Morgan fingerprint density at radius 2 is 1.53 bits per heavy atom. The highest BCUT2D eigenvalue weighted by Crippen LogP contribution is 2.43. The van der Waals surface area contributed by atoms with Crippen molar-refractivity contribution in [2.75, 3.05) is 7.11 Å². The molecular formula is C39H38O4. The molecule has 0 amide bonds. The molecule has 1 N–H and O–H groups in total. The minimum Gasteiger partial charge on any atom is -0.507 e. The second-order valence-corrected chi connectivity index (χ2v) is 11.2. The highest BCUT2D eigenvalue weighted by Gasteiger charge is 2.25. The average molecular weight is 571 g/mol. The smallest absolute Gasteiger partial charge is 0.319 e. The molecule has 0 saturated heterocycles. The molecule has 5 aromatic rings. The van der Waals surface area contributed by atoms with Crippen molar-refractivity contribution in [3.8, 4) is 28.4 Å². The number of carbonyl (C=O) groups is 1. The molecule has 0 unspecified atom stereocenters. The normalized spacial score (nSPS) is 12.2. The average Bonchev–Trinajstić information content (AvgIpc) is 3.01. The molecule has 4 heteroatoms. The number of phenolic OH excluding ortho intramolecular Hbond substituents is 1. The molecule has 5 rings (SSSR count). The summed E-state index contributed by atoms with van der Waals surface area (Å²) in [4.78, 5) is 14.1. The number of ether oxygens (including phenoxy) is 2. The van der Waals surface area contributed by atoms with Crippen molar-refractivity contribution >= 4 is 27.5 Å². The maximum atomic E-state index is 14.1. The van der Waals surface area contributed by atoms with Gasteiger partial charge in [-0.3, -0.25) is 4.79 Å². The topological polar surface area (TPSA) is 55.8 Å². The van der Waals surface area contributed by atoms with Crippen LogP contribution in [0.25, 0.3) is 32.7 Å². The molecule has 0 aliphatic heterocycles. The fourth-order valence-corrected chi connectivity index (χ4v) is 5.54. The van der Waals surface area contributed by atoms with Gasteiger partial charge in [-0.1, -0.05) is 96.1 Å². The van der Waals surface area contributed by atoms with Gasteiger partial charge in [-0.15, -0.1) is 0 Å². The zero-order chi connectivity index (χ0) is 30.3. The lowest BCUT2D eigenvalue weighted by Crippen LogP contribution is -2.19. The summed E-state index contributed by atoms with van der Waals surface area (Å²) in [6.07, 6.45) is 6.82. The van der Waals surface area contributed by atoms with Gasteiger partial charge in [-0.25, -0.2) is 0 Å². The Balaban J connectivity index is 1.56. The molecule has 0 spiro atoms. The molecule has 218 valence electrons. The number of phenols is 1. The van der Waals surface area contributed by atoms with Gasteiger partial charge >= 0.3 is 5.97 Å². The van der Waals surface area contributed by atoms with Gasteiger partial charge in [0.05, 0.1) is 13.0 Å². The van der Waals surface area contributed by atoms with Crippen molar-refractivity contribution in [3.05, 3.63) is 126 Å². The number of aromatic hydroxyl groups is 1. The Hall–Kier alpha value is -4.83. The van der Waals surface area contributed by atoms with Gasteiger partial charge in [-0.05, 0) is 91.6 Å². The first-order chi connectivity index (χ1) is 20.9. The van der Waals surface area contributed by atoms with E-state index in [9.17, 15) is 9.90 Å². The van der Waals surface area contributed by atoms with Crippen molar-refractivity contribution in [2.24, 2.45) is 0 Å². The van der Waals surface area contributed by atoms with Crippen molar-refractivity contribution in [1.82, 2.24) is 0 Å². The molecule has 0 saturated carbocycles. The van der Waals surface area contributed by atoms with E-state index in [4.69, 9.17) is 9.47 Å².